The Hall–Kier alpha value is -0.260. The van der Waals surface area contributed by atoms with Gasteiger partial charge in [-0.15, -0.1) is 6.58 Å². The van der Waals surface area contributed by atoms with E-state index in [0.29, 0.717) is 0 Å². The number of hydrogen-bond donors (Lipinski definition) is 0. The van der Waals surface area contributed by atoms with Crippen LogP contribution in [0.2, 0.25) is 0 Å². The second kappa shape index (κ2) is 4.89. The third-order valence-corrected chi connectivity index (χ3v) is 1.06. The largest absolute Gasteiger partial charge is 0.100 e. The number of hydrogen-bond acceptors (Lipinski definition) is 0. The maximum Gasteiger partial charge on any atom is -0.0323 e. The average molecular weight is 111 g/mol. The molecule has 0 heteroatoms. The van der Waals surface area contributed by atoms with Gasteiger partial charge in [-0.3, -0.25) is 0 Å². The summed E-state index contributed by atoms with van der Waals surface area (Å²) in [6.07, 6.45) is 5.83. The van der Waals surface area contributed by atoms with Gasteiger partial charge in [-0.05, 0) is 26.2 Å². The molecule has 0 fully saturated rings. The maximum absolute atomic E-state index is 3.81. The first-order valence-corrected chi connectivity index (χ1v) is 3.23. The Morgan fingerprint density at radius 2 is 2.25 bits per heavy atom. The maximum atomic E-state index is 3.81. The molecule has 0 saturated carbocycles. The molecule has 47 valence electrons. The Labute approximate surface area is 52.6 Å². The molecule has 0 aliphatic heterocycles. The zero-order valence-corrected chi connectivity index (χ0v) is 5.91. The summed E-state index contributed by atoms with van der Waals surface area (Å²) >= 11 is 0. The van der Waals surface area contributed by atoms with E-state index in [1.807, 2.05) is 0 Å². The molecule has 0 bridgehead atoms. The summed E-state index contributed by atoms with van der Waals surface area (Å²) in [5.41, 5.74) is 1.29. The van der Waals surface area contributed by atoms with Gasteiger partial charge in [0.2, 0.25) is 0 Å². The smallest absolute Gasteiger partial charge is 0.0323 e. The van der Waals surface area contributed by atoms with Crippen molar-refractivity contribution in [3.63, 3.8) is 0 Å². The van der Waals surface area contributed by atoms with Crippen molar-refractivity contribution in [2.45, 2.75) is 33.1 Å². The van der Waals surface area contributed by atoms with Crippen LogP contribution in [0.5, 0.6) is 0 Å². The molecule has 0 aromatic rings. The van der Waals surface area contributed by atoms with E-state index in [-0.39, 0.29) is 0 Å². The normalized spacial score (nSPS) is 9.25. The number of allylic oxidation sites excluding steroid dienone is 1. The van der Waals surface area contributed by atoms with Crippen LogP contribution < -0.4 is 0 Å². The van der Waals surface area contributed by atoms with E-state index in [1.165, 1.54) is 18.4 Å². The predicted molar refractivity (Wildman–Crippen MR) is 38.6 cm³/mol. The highest BCUT2D eigenvalue weighted by molar-refractivity contribution is 4.89. The third kappa shape index (κ3) is 5.74. The monoisotopic (exact) mass is 111 g/mol. The SMILES string of the molecule is C=C(C)CC[CH]CC. The van der Waals surface area contributed by atoms with Crippen molar-refractivity contribution in [2.75, 3.05) is 0 Å². The molecule has 0 rings (SSSR count). The molecule has 0 aromatic carbocycles. The van der Waals surface area contributed by atoms with E-state index in [1.54, 1.807) is 0 Å². The summed E-state index contributed by atoms with van der Waals surface area (Å²) in [4.78, 5) is 0. The van der Waals surface area contributed by atoms with Gasteiger partial charge in [0.15, 0.2) is 0 Å². The van der Waals surface area contributed by atoms with Crippen LogP contribution in [-0.2, 0) is 0 Å². The van der Waals surface area contributed by atoms with Crippen molar-refractivity contribution in [1.82, 2.24) is 0 Å². The van der Waals surface area contributed by atoms with Crippen LogP contribution >= 0.6 is 0 Å². The van der Waals surface area contributed by atoms with Crippen LogP contribution in [0.25, 0.3) is 0 Å². The van der Waals surface area contributed by atoms with Crippen LogP contribution in [0.1, 0.15) is 33.1 Å². The van der Waals surface area contributed by atoms with Gasteiger partial charge in [0, 0.05) is 0 Å². The molecule has 1 radical (unpaired) electrons. The second-order valence-corrected chi connectivity index (χ2v) is 2.19. The zero-order valence-electron chi connectivity index (χ0n) is 5.91. The molecule has 0 heterocycles. The summed E-state index contributed by atoms with van der Waals surface area (Å²) in [6.45, 7) is 8.04. The molecular formula is C8H15. The Morgan fingerprint density at radius 1 is 1.62 bits per heavy atom. The van der Waals surface area contributed by atoms with Gasteiger partial charge in [0.05, 0.1) is 0 Å². The number of unbranched alkanes of at least 4 members (excludes halogenated alkanes) is 2. The Balaban J connectivity index is 2.82. The molecule has 0 saturated heterocycles. The summed E-state index contributed by atoms with van der Waals surface area (Å²) in [7, 11) is 0. The molecule has 0 unspecified atom stereocenters. The summed E-state index contributed by atoms with van der Waals surface area (Å²) < 4.78 is 0. The van der Waals surface area contributed by atoms with Gasteiger partial charge in [0.1, 0.15) is 0 Å². The quantitative estimate of drug-likeness (QED) is 0.386. The zero-order chi connectivity index (χ0) is 6.41. The van der Waals surface area contributed by atoms with Gasteiger partial charge in [0.25, 0.3) is 0 Å². The lowest BCUT2D eigenvalue weighted by molar-refractivity contribution is 0.870. The van der Waals surface area contributed by atoms with Crippen molar-refractivity contribution in [1.29, 1.82) is 0 Å². The number of rotatable bonds is 4. The minimum absolute atomic E-state index is 1.16. The van der Waals surface area contributed by atoms with E-state index in [4.69, 9.17) is 0 Å². The molecular weight excluding hydrogens is 96.1 g/mol. The highest BCUT2D eigenvalue weighted by atomic mass is 13.9. The first-order chi connectivity index (χ1) is 3.77. The van der Waals surface area contributed by atoms with Crippen molar-refractivity contribution in [3.8, 4) is 0 Å². The summed E-state index contributed by atoms with van der Waals surface area (Å²) in [6, 6.07) is 0. The second-order valence-electron chi connectivity index (χ2n) is 2.19. The van der Waals surface area contributed by atoms with E-state index in [2.05, 4.69) is 26.8 Å². The summed E-state index contributed by atoms with van der Waals surface area (Å²) in [5.74, 6) is 0. The fraction of sp³-hybridized carbons (Fsp3) is 0.625. The average Bonchev–Trinajstić information content (AvgIpc) is 1.66. The van der Waals surface area contributed by atoms with Crippen LogP contribution in [0.4, 0.5) is 0 Å². The molecule has 8 heavy (non-hydrogen) atoms. The van der Waals surface area contributed by atoms with Crippen LogP contribution in [0.3, 0.4) is 0 Å². The highest BCUT2D eigenvalue weighted by Crippen LogP contribution is 2.03. The van der Waals surface area contributed by atoms with Gasteiger partial charge in [-0.1, -0.05) is 18.9 Å². The molecule has 0 nitrogen and oxygen atoms in total. The standard InChI is InChI=1S/C8H15/c1-4-5-6-7-8(2)3/h5H,2,4,6-7H2,1,3H3. The van der Waals surface area contributed by atoms with Crippen molar-refractivity contribution in [3.05, 3.63) is 18.6 Å². The first kappa shape index (κ1) is 7.74. The molecule has 0 aromatic heterocycles. The Bertz CT molecular complexity index is 62.4. The fourth-order valence-electron chi connectivity index (χ4n) is 0.553. The minimum Gasteiger partial charge on any atom is -0.100 e. The molecule has 0 atom stereocenters. The first-order valence-electron chi connectivity index (χ1n) is 3.23. The molecule has 0 aliphatic rings. The third-order valence-electron chi connectivity index (χ3n) is 1.06. The topological polar surface area (TPSA) is 0 Å². The highest BCUT2D eigenvalue weighted by Gasteiger charge is 1.84. The lowest BCUT2D eigenvalue weighted by atomic mass is 10.1. The van der Waals surface area contributed by atoms with E-state index in [9.17, 15) is 0 Å². The Morgan fingerprint density at radius 3 is 2.62 bits per heavy atom. The van der Waals surface area contributed by atoms with Crippen molar-refractivity contribution < 1.29 is 0 Å². The fourth-order valence-corrected chi connectivity index (χ4v) is 0.553. The predicted octanol–water partition coefficient (Wildman–Crippen LogP) is 2.96. The molecule has 0 amide bonds. The van der Waals surface area contributed by atoms with E-state index < -0.39 is 0 Å². The minimum atomic E-state index is 1.16. The van der Waals surface area contributed by atoms with Gasteiger partial charge < -0.3 is 0 Å². The molecule has 0 aliphatic carbocycles. The lowest BCUT2D eigenvalue weighted by Crippen LogP contribution is -1.75. The van der Waals surface area contributed by atoms with Crippen molar-refractivity contribution in [2.24, 2.45) is 0 Å². The van der Waals surface area contributed by atoms with E-state index >= 15 is 0 Å². The van der Waals surface area contributed by atoms with Gasteiger partial charge >= 0.3 is 0 Å². The summed E-state index contributed by atoms with van der Waals surface area (Å²) in [5, 5.41) is 0. The van der Waals surface area contributed by atoms with Gasteiger partial charge in [-0.2, -0.15) is 0 Å². The lowest BCUT2D eigenvalue weighted by Gasteiger charge is -1.94. The van der Waals surface area contributed by atoms with Crippen LogP contribution in [0, 0.1) is 6.42 Å². The van der Waals surface area contributed by atoms with Crippen LogP contribution in [-0.4, -0.2) is 0 Å². The van der Waals surface area contributed by atoms with Crippen molar-refractivity contribution >= 4 is 0 Å². The Kier molecular flexibility index (Phi) is 4.73. The van der Waals surface area contributed by atoms with Gasteiger partial charge in [-0.25, -0.2) is 0 Å². The van der Waals surface area contributed by atoms with Crippen LogP contribution in [0.15, 0.2) is 12.2 Å². The molecule has 0 spiro atoms. The molecule has 0 N–H and O–H groups in total. The van der Waals surface area contributed by atoms with E-state index in [0.717, 1.165) is 6.42 Å².